The van der Waals surface area contributed by atoms with Crippen LogP contribution in [0.1, 0.15) is 30.0 Å². The fourth-order valence-electron chi connectivity index (χ4n) is 5.90. The first-order valence-electron chi connectivity index (χ1n) is 12.1. The maximum atomic E-state index is 13.1. The average molecular weight is 474 g/mol. The summed E-state index contributed by atoms with van der Waals surface area (Å²) in [4.78, 5) is 57.1. The molecule has 2 saturated heterocycles. The Kier molecular flexibility index (Phi) is 5.20. The van der Waals surface area contributed by atoms with Gasteiger partial charge in [0.15, 0.2) is 0 Å². The van der Waals surface area contributed by atoms with E-state index in [-0.39, 0.29) is 42.2 Å². The van der Waals surface area contributed by atoms with Gasteiger partial charge in [0, 0.05) is 61.0 Å². The fraction of sp³-hybridized carbons (Fsp3) is 0.385. The number of H-pyrrole nitrogens is 1. The van der Waals surface area contributed by atoms with Crippen molar-refractivity contribution in [3.05, 3.63) is 70.3 Å². The number of carbonyl (C=O) groups is 3. The highest BCUT2D eigenvalue weighted by atomic mass is 16.2. The van der Waals surface area contributed by atoms with E-state index in [1.165, 1.54) is 4.90 Å². The smallest absolute Gasteiger partial charge is 0.324 e. The van der Waals surface area contributed by atoms with E-state index in [0.29, 0.717) is 26.1 Å². The number of pyridine rings is 1. The minimum Gasteiger partial charge on any atom is -0.361 e. The molecule has 35 heavy (non-hydrogen) atoms. The Hall–Kier alpha value is -3.88. The summed E-state index contributed by atoms with van der Waals surface area (Å²) in [6, 6.07) is 11.9. The Morgan fingerprint density at radius 3 is 2.74 bits per heavy atom. The SMILES string of the molecule is O=C(CC1NC(=O)N(CCc2c[nH]c3ccccc23)C1=O)N1C[C@H]2C[C@@H](C1)c1cccc(=O)n1C2. The number of hydrogen-bond donors (Lipinski definition) is 2. The van der Waals surface area contributed by atoms with E-state index >= 15 is 0 Å². The Labute approximate surface area is 201 Å². The van der Waals surface area contributed by atoms with Crippen molar-refractivity contribution in [1.82, 2.24) is 24.7 Å². The van der Waals surface area contributed by atoms with E-state index in [2.05, 4.69) is 10.3 Å². The van der Waals surface area contributed by atoms with Gasteiger partial charge in [-0.3, -0.25) is 19.3 Å². The molecule has 9 nitrogen and oxygen atoms in total. The molecule has 3 aliphatic heterocycles. The summed E-state index contributed by atoms with van der Waals surface area (Å²) in [7, 11) is 0. The Bertz CT molecular complexity index is 1390. The number of imide groups is 1. The summed E-state index contributed by atoms with van der Waals surface area (Å²) in [6.07, 6.45) is 3.35. The third-order valence-corrected chi connectivity index (χ3v) is 7.60. The molecule has 2 aromatic heterocycles. The molecule has 4 amide bonds. The third-order valence-electron chi connectivity index (χ3n) is 7.60. The largest absolute Gasteiger partial charge is 0.361 e. The number of aromatic amines is 1. The number of para-hydroxylation sites is 1. The van der Waals surface area contributed by atoms with E-state index in [9.17, 15) is 19.2 Å². The van der Waals surface area contributed by atoms with Crippen LogP contribution in [0.5, 0.6) is 0 Å². The molecule has 2 bridgehead atoms. The second kappa shape index (κ2) is 8.41. The van der Waals surface area contributed by atoms with Gasteiger partial charge in [-0.15, -0.1) is 0 Å². The highest BCUT2D eigenvalue weighted by Gasteiger charge is 2.41. The molecule has 5 heterocycles. The van der Waals surface area contributed by atoms with Crippen molar-refractivity contribution < 1.29 is 14.4 Å². The van der Waals surface area contributed by atoms with Crippen LogP contribution < -0.4 is 10.9 Å². The van der Waals surface area contributed by atoms with Gasteiger partial charge >= 0.3 is 6.03 Å². The zero-order chi connectivity index (χ0) is 24.1. The summed E-state index contributed by atoms with van der Waals surface area (Å²) >= 11 is 0. The number of rotatable bonds is 5. The van der Waals surface area contributed by atoms with Crippen molar-refractivity contribution in [1.29, 1.82) is 0 Å². The van der Waals surface area contributed by atoms with Crippen LogP contribution in [-0.2, 0) is 22.6 Å². The number of amides is 4. The van der Waals surface area contributed by atoms with Crippen LogP contribution in [0.2, 0.25) is 0 Å². The average Bonchev–Trinajstić information content (AvgIpc) is 3.38. The summed E-state index contributed by atoms with van der Waals surface area (Å²) in [6.45, 7) is 1.96. The number of likely N-dealkylation sites (tertiary alicyclic amines) is 1. The third kappa shape index (κ3) is 3.80. The van der Waals surface area contributed by atoms with Gasteiger partial charge in [0.1, 0.15) is 6.04 Å². The maximum Gasteiger partial charge on any atom is 0.324 e. The quantitative estimate of drug-likeness (QED) is 0.551. The minimum absolute atomic E-state index is 0.00368. The zero-order valence-corrected chi connectivity index (χ0v) is 19.3. The number of urea groups is 1. The highest BCUT2D eigenvalue weighted by Crippen LogP contribution is 2.35. The lowest BCUT2D eigenvalue weighted by Crippen LogP contribution is -2.50. The van der Waals surface area contributed by atoms with Crippen LogP contribution in [0.3, 0.4) is 0 Å². The Morgan fingerprint density at radius 1 is 1.00 bits per heavy atom. The molecule has 1 unspecified atom stereocenters. The number of hydrogen-bond acceptors (Lipinski definition) is 4. The number of carbonyl (C=O) groups excluding carboxylic acids is 3. The van der Waals surface area contributed by atoms with Gasteiger partial charge < -0.3 is 19.8 Å². The summed E-state index contributed by atoms with van der Waals surface area (Å²) in [5.41, 5.74) is 3.03. The predicted octanol–water partition coefficient (Wildman–Crippen LogP) is 1.83. The van der Waals surface area contributed by atoms with Gasteiger partial charge in [-0.25, -0.2) is 4.79 Å². The second-order valence-corrected chi connectivity index (χ2v) is 9.80. The topological polar surface area (TPSA) is 108 Å². The van der Waals surface area contributed by atoms with Gasteiger partial charge in [-0.1, -0.05) is 24.3 Å². The van der Waals surface area contributed by atoms with E-state index < -0.39 is 12.1 Å². The fourth-order valence-corrected chi connectivity index (χ4v) is 5.90. The van der Waals surface area contributed by atoms with Crippen molar-refractivity contribution in [2.45, 2.75) is 37.8 Å². The predicted molar refractivity (Wildman–Crippen MR) is 129 cm³/mol. The molecule has 0 radical (unpaired) electrons. The van der Waals surface area contributed by atoms with Crippen LogP contribution >= 0.6 is 0 Å². The first-order chi connectivity index (χ1) is 17.0. The van der Waals surface area contributed by atoms with Crippen LogP contribution in [0.25, 0.3) is 10.9 Å². The molecule has 0 spiro atoms. The number of nitrogens with zero attached hydrogens (tertiary/aromatic N) is 3. The van der Waals surface area contributed by atoms with E-state index in [1.54, 1.807) is 17.0 Å². The lowest BCUT2D eigenvalue weighted by molar-refractivity contribution is -0.137. The van der Waals surface area contributed by atoms with Crippen molar-refractivity contribution in [3.63, 3.8) is 0 Å². The molecule has 0 saturated carbocycles. The van der Waals surface area contributed by atoms with Gasteiger partial charge in [0.2, 0.25) is 5.91 Å². The van der Waals surface area contributed by atoms with Crippen LogP contribution in [0, 0.1) is 5.92 Å². The van der Waals surface area contributed by atoms with E-state index in [4.69, 9.17) is 0 Å². The molecule has 3 aromatic rings. The lowest BCUT2D eigenvalue weighted by Gasteiger charge is -2.43. The maximum absolute atomic E-state index is 13.1. The van der Waals surface area contributed by atoms with Crippen molar-refractivity contribution >= 4 is 28.7 Å². The first-order valence-corrected chi connectivity index (χ1v) is 12.1. The van der Waals surface area contributed by atoms with E-state index in [1.807, 2.05) is 41.1 Å². The van der Waals surface area contributed by atoms with E-state index in [0.717, 1.165) is 28.6 Å². The highest BCUT2D eigenvalue weighted by molar-refractivity contribution is 6.05. The molecule has 6 rings (SSSR count). The van der Waals surface area contributed by atoms with Crippen LogP contribution in [-0.4, -0.2) is 62.9 Å². The Balaban J connectivity index is 1.10. The normalized spacial score (nSPS) is 23.5. The Morgan fingerprint density at radius 2 is 1.86 bits per heavy atom. The monoisotopic (exact) mass is 473 g/mol. The van der Waals surface area contributed by atoms with Gasteiger partial charge in [0.25, 0.3) is 11.5 Å². The summed E-state index contributed by atoms with van der Waals surface area (Å²) < 4.78 is 1.83. The van der Waals surface area contributed by atoms with Gasteiger partial charge in [0.05, 0.1) is 6.42 Å². The number of aromatic nitrogens is 2. The van der Waals surface area contributed by atoms with Crippen molar-refractivity contribution in [2.24, 2.45) is 5.92 Å². The number of fused-ring (bicyclic) bond motifs is 5. The van der Waals surface area contributed by atoms with Crippen molar-refractivity contribution in [3.8, 4) is 0 Å². The van der Waals surface area contributed by atoms with Gasteiger partial charge in [-0.05, 0) is 36.5 Å². The molecular weight excluding hydrogens is 446 g/mol. The molecule has 2 N–H and O–H groups in total. The number of benzene rings is 1. The van der Waals surface area contributed by atoms with Crippen LogP contribution in [0.4, 0.5) is 4.79 Å². The molecule has 3 atom stereocenters. The first kappa shape index (κ1) is 21.6. The molecular formula is C26H27N5O4. The summed E-state index contributed by atoms with van der Waals surface area (Å²) in [5, 5.41) is 3.78. The lowest BCUT2D eigenvalue weighted by atomic mass is 9.83. The number of nitrogens with one attached hydrogen (secondary N) is 2. The summed E-state index contributed by atoms with van der Waals surface area (Å²) in [5.74, 6) is -0.158. The van der Waals surface area contributed by atoms with Gasteiger partial charge in [-0.2, -0.15) is 0 Å². The molecule has 2 fully saturated rings. The molecule has 0 aliphatic carbocycles. The second-order valence-electron chi connectivity index (χ2n) is 9.80. The van der Waals surface area contributed by atoms with Crippen molar-refractivity contribution in [2.75, 3.05) is 19.6 Å². The molecule has 180 valence electrons. The molecule has 3 aliphatic rings. The van der Waals surface area contributed by atoms with Crippen LogP contribution in [0.15, 0.2) is 53.5 Å². The minimum atomic E-state index is -0.838. The zero-order valence-electron chi connectivity index (χ0n) is 19.3. The molecule has 1 aromatic carbocycles. The molecule has 9 heteroatoms. The number of piperidine rings is 1. The standard InChI is InChI=1S/C26H27N5O4/c32-23-7-3-6-22-18-10-16(14-31(22)23)13-29(15-18)24(33)11-21-25(34)30(26(35)28-21)9-8-17-12-27-20-5-2-1-4-19(17)20/h1-7,12,16,18,21,27H,8-11,13-15H2,(H,28,35)/t16-,18+,21?/m1/s1.